The normalized spacial score (nSPS) is 30.5. The summed E-state index contributed by atoms with van der Waals surface area (Å²) in [5.74, 6) is -0.940. The van der Waals surface area contributed by atoms with E-state index in [2.05, 4.69) is 5.32 Å². The molecule has 1 aliphatic carbocycles. The molecule has 2 N–H and O–H groups in total. The minimum absolute atomic E-state index is 0.00227. The molecule has 0 radical (unpaired) electrons. The second kappa shape index (κ2) is 7.51. The van der Waals surface area contributed by atoms with Gasteiger partial charge in [0.2, 0.25) is 11.8 Å². The molecule has 1 unspecified atom stereocenters. The minimum Gasteiger partial charge on any atom is -0.469 e. The summed E-state index contributed by atoms with van der Waals surface area (Å²) >= 11 is 0. The van der Waals surface area contributed by atoms with Gasteiger partial charge in [0.1, 0.15) is 0 Å². The zero-order valence-electron chi connectivity index (χ0n) is 14.7. The van der Waals surface area contributed by atoms with Gasteiger partial charge in [0.25, 0.3) is 0 Å². The highest BCUT2D eigenvalue weighted by Crippen LogP contribution is 2.32. The van der Waals surface area contributed by atoms with Crippen LogP contribution in [0.2, 0.25) is 0 Å². The van der Waals surface area contributed by atoms with Crippen molar-refractivity contribution in [1.29, 1.82) is 0 Å². The largest absolute Gasteiger partial charge is 0.469 e. The summed E-state index contributed by atoms with van der Waals surface area (Å²) in [6, 6.07) is 0.0908. The third-order valence-electron chi connectivity index (χ3n) is 5.20. The molecule has 2 aliphatic rings. The number of amides is 2. The van der Waals surface area contributed by atoms with E-state index < -0.39 is 5.60 Å². The van der Waals surface area contributed by atoms with Crippen LogP contribution in [0.1, 0.15) is 46.0 Å². The Hall–Kier alpha value is -1.63. The van der Waals surface area contributed by atoms with Crippen LogP contribution in [-0.2, 0) is 19.1 Å². The summed E-state index contributed by atoms with van der Waals surface area (Å²) in [6.07, 6.45) is 2.25. The van der Waals surface area contributed by atoms with Gasteiger partial charge >= 0.3 is 5.97 Å². The van der Waals surface area contributed by atoms with Crippen LogP contribution in [0.5, 0.6) is 0 Å². The summed E-state index contributed by atoms with van der Waals surface area (Å²) in [5, 5.41) is 13.4. The fourth-order valence-electron chi connectivity index (χ4n) is 3.54. The average Bonchev–Trinajstić information content (AvgIpc) is 2.95. The van der Waals surface area contributed by atoms with E-state index >= 15 is 0 Å². The second-order valence-electron chi connectivity index (χ2n) is 7.28. The first-order chi connectivity index (χ1) is 11.3. The molecule has 1 aliphatic heterocycles. The van der Waals surface area contributed by atoms with Gasteiger partial charge in [-0.15, -0.1) is 0 Å². The Labute approximate surface area is 142 Å². The number of aliphatic hydroxyl groups is 1. The van der Waals surface area contributed by atoms with E-state index in [0.29, 0.717) is 32.2 Å². The summed E-state index contributed by atoms with van der Waals surface area (Å²) in [4.78, 5) is 37.4. The van der Waals surface area contributed by atoms with E-state index in [4.69, 9.17) is 4.74 Å². The number of ether oxygens (including phenoxy) is 1. The minimum atomic E-state index is -0.986. The molecule has 136 valence electrons. The summed E-state index contributed by atoms with van der Waals surface area (Å²) in [7, 11) is 1.37. The molecule has 0 bridgehead atoms. The lowest BCUT2D eigenvalue weighted by Crippen LogP contribution is -2.47. The van der Waals surface area contributed by atoms with E-state index in [9.17, 15) is 19.5 Å². The molecule has 2 fully saturated rings. The molecule has 2 rings (SSSR count). The molecule has 1 saturated carbocycles. The third-order valence-corrected chi connectivity index (χ3v) is 5.20. The number of hydrogen-bond donors (Lipinski definition) is 2. The maximum absolute atomic E-state index is 12.3. The van der Waals surface area contributed by atoms with Gasteiger partial charge in [0, 0.05) is 25.6 Å². The molecule has 0 spiro atoms. The fourth-order valence-corrected chi connectivity index (χ4v) is 3.54. The van der Waals surface area contributed by atoms with Gasteiger partial charge < -0.3 is 20.1 Å². The van der Waals surface area contributed by atoms with Crippen molar-refractivity contribution >= 4 is 17.8 Å². The maximum atomic E-state index is 12.3. The lowest BCUT2D eigenvalue weighted by atomic mass is 9.78. The molecule has 0 aromatic carbocycles. The molecule has 2 amide bonds. The van der Waals surface area contributed by atoms with Crippen molar-refractivity contribution in [2.24, 2.45) is 11.8 Å². The molecule has 0 aromatic rings. The van der Waals surface area contributed by atoms with Crippen LogP contribution in [-0.4, -0.2) is 59.6 Å². The highest BCUT2D eigenvalue weighted by molar-refractivity contribution is 5.89. The van der Waals surface area contributed by atoms with E-state index in [1.54, 1.807) is 4.90 Å². The topological polar surface area (TPSA) is 95.9 Å². The van der Waals surface area contributed by atoms with Crippen LogP contribution < -0.4 is 5.32 Å². The molecule has 1 saturated heterocycles. The van der Waals surface area contributed by atoms with Crippen molar-refractivity contribution in [3.05, 3.63) is 0 Å². The SMILES string of the molecule is COC(=O)C1CCC(O)(CNC(=O)C2CC(=O)N(C(C)C)C2)CC1. The maximum Gasteiger partial charge on any atom is 0.308 e. The Morgan fingerprint density at radius 1 is 1.33 bits per heavy atom. The number of carbonyl (C=O) groups is 3. The smallest absolute Gasteiger partial charge is 0.308 e. The van der Waals surface area contributed by atoms with Crippen LogP contribution in [0, 0.1) is 11.8 Å². The van der Waals surface area contributed by atoms with Crippen LogP contribution in [0.15, 0.2) is 0 Å². The van der Waals surface area contributed by atoms with Crippen molar-refractivity contribution < 1.29 is 24.2 Å². The zero-order valence-corrected chi connectivity index (χ0v) is 14.7. The van der Waals surface area contributed by atoms with Crippen molar-refractivity contribution in [1.82, 2.24) is 10.2 Å². The lowest BCUT2D eigenvalue weighted by molar-refractivity contribution is -0.148. The van der Waals surface area contributed by atoms with Crippen molar-refractivity contribution in [3.8, 4) is 0 Å². The molecule has 1 atom stereocenters. The Balaban J connectivity index is 1.80. The van der Waals surface area contributed by atoms with E-state index in [1.807, 2.05) is 13.8 Å². The number of methoxy groups -OCH3 is 1. The van der Waals surface area contributed by atoms with Gasteiger partial charge in [0.05, 0.1) is 24.5 Å². The highest BCUT2D eigenvalue weighted by Gasteiger charge is 2.39. The number of likely N-dealkylation sites (tertiary alicyclic amines) is 1. The number of carbonyl (C=O) groups excluding carboxylic acids is 3. The fraction of sp³-hybridized carbons (Fsp3) is 0.824. The summed E-state index contributed by atoms with van der Waals surface area (Å²) in [5.41, 5.74) is -0.986. The van der Waals surface area contributed by atoms with Gasteiger partial charge in [-0.3, -0.25) is 14.4 Å². The first kappa shape index (κ1) is 18.7. The molecule has 7 nitrogen and oxygen atoms in total. The van der Waals surface area contributed by atoms with Crippen LogP contribution in [0.4, 0.5) is 0 Å². The van der Waals surface area contributed by atoms with Crippen molar-refractivity contribution in [2.45, 2.75) is 57.6 Å². The van der Waals surface area contributed by atoms with Gasteiger partial charge in [0.15, 0.2) is 0 Å². The zero-order chi connectivity index (χ0) is 17.9. The molecule has 7 heteroatoms. The molecular formula is C17H28N2O5. The molecule has 24 heavy (non-hydrogen) atoms. The number of nitrogens with one attached hydrogen (secondary N) is 1. The van der Waals surface area contributed by atoms with Crippen LogP contribution in [0.3, 0.4) is 0 Å². The number of hydrogen-bond acceptors (Lipinski definition) is 5. The predicted molar refractivity (Wildman–Crippen MR) is 86.9 cm³/mol. The molecular weight excluding hydrogens is 312 g/mol. The lowest BCUT2D eigenvalue weighted by Gasteiger charge is -2.35. The summed E-state index contributed by atoms with van der Waals surface area (Å²) in [6.45, 7) is 4.46. The number of rotatable bonds is 5. The van der Waals surface area contributed by atoms with Crippen molar-refractivity contribution in [3.63, 3.8) is 0 Å². The second-order valence-corrected chi connectivity index (χ2v) is 7.28. The Morgan fingerprint density at radius 3 is 2.46 bits per heavy atom. The first-order valence-electron chi connectivity index (χ1n) is 8.63. The monoisotopic (exact) mass is 340 g/mol. The first-order valence-corrected chi connectivity index (χ1v) is 8.63. The van der Waals surface area contributed by atoms with Gasteiger partial charge in [-0.05, 0) is 39.5 Å². The van der Waals surface area contributed by atoms with Crippen LogP contribution >= 0.6 is 0 Å². The Bertz CT molecular complexity index is 497. The van der Waals surface area contributed by atoms with Gasteiger partial charge in [-0.2, -0.15) is 0 Å². The quantitative estimate of drug-likeness (QED) is 0.709. The van der Waals surface area contributed by atoms with E-state index in [0.717, 1.165) is 0 Å². The van der Waals surface area contributed by atoms with Gasteiger partial charge in [-0.25, -0.2) is 0 Å². The molecule has 0 aromatic heterocycles. The summed E-state index contributed by atoms with van der Waals surface area (Å²) < 4.78 is 4.74. The predicted octanol–water partition coefficient (Wildman–Crippen LogP) is 0.454. The Kier molecular flexibility index (Phi) is 5.85. The van der Waals surface area contributed by atoms with Crippen LogP contribution in [0.25, 0.3) is 0 Å². The van der Waals surface area contributed by atoms with E-state index in [1.165, 1.54) is 7.11 Å². The van der Waals surface area contributed by atoms with Gasteiger partial charge in [-0.1, -0.05) is 0 Å². The highest BCUT2D eigenvalue weighted by atomic mass is 16.5. The third kappa shape index (κ3) is 4.26. The van der Waals surface area contributed by atoms with E-state index in [-0.39, 0.29) is 48.6 Å². The number of esters is 1. The average molecular weight is 340 g/mol. The number of nitrogens with zero attached hydrogens (tertiary/aromatic N) is 1. The Morgan fingerprint density at radius 2 is 1.96 bits per heavy atom. The molecule has 1 heterocycles. The van der Waals surface area contributed by atoms with Crippen molar-refractivity contribution in [2.75, 3.05) is 20.2 Å². The standard InChI is InChI=1S/C17H28N2O5/c1-11(2)19-9-13(8-14(19)20)15(21)18-10-17(23)6-4-12(5-7-17)16(22)24-3/h11-13,23H,4-10H2,1-3H3,(H,18,21).